The maximum Gasteiger partial charge on any atom is 0.256 e. The topological polar surface area (TPSA) is 25.4 Å². The first-order valence-electron chi connectivity index (χ1n) is 8.46. The van der Waals surface area contributed by atoms with E-state index in [0.29, 0.717) is 0 Å². The van der Waals surface area contributed by atoms with Gasteiger partial charge in [0.1, 0.15) is 5.52 Å². The first-order valence-corrected chi connectivity index (χ1v) is 8.46. The summed E-state index contributed by atoms with van der Waals surface area (Å²) in [5, 5.41) is 2.25. The molecule has 2 aromatic carbocycles. The Hall–Kier alpha value is -3.20. The van der Waals surface area contributed by atoms with E-state index in [2.05, 4.69) is 54.1 Å². The highest BCUT2D eigenvalue weighted by atomic mass is 16.1. The van der Waals surface area contributed by atoms with E-state index in [1.54, 1.807) is 6.07 Å². The quantitative estimate of drug-likeness (QED) is 0.455. The second-order valence-corrected chi connectivity index (χ2v) is 6.54. The van der Waals surface area contributed by atoms with E-state index >= 15 is 0 Å². The zero-order valence-corrected chi connectivity index (χ0v) is 13.9. The van der Waals surface area contributed by atoms with Crippen LogP contribution in [-0.2, 0) is 6.54 Å². The molecule has 0 N–H and O–H groups in total. The molecule has 0 radical (unpaired) electrons. The molecule has 0 amide bonds. The molecule has 0 aliphatic heterocycles. The molecule has 3 heterocycles. The fourth-order valence-corrected chi connectivity index (χ4v) is 3.80. The van der Waals surface area contributed by atoms with Gasteiger partial charge >= 0.3 is 0 Å². The van der Waals surface area contributed by atoms with E-state index in [9.17, 15) is 4.79 Å². The highest BCUT2D eigenvalue weighted by Crippen LogP contribution is 2.28. The van der Waals surface area contributed by atoms with Crippen molar-refractivity contribution in [2.45, 2.75) is 13.5 Å². The van der Waals surface area contributed by atoms with Crippen molar-refractivity contribution in [3.05, 3.63) is 94.4 Å². The molecular weight excluding hydrogens is 308 g/mol. The zero-order valence-electron chi connectivity index (χ0n) is 13.9. The molecule has 3 nitrogen and oxygen atoms in total. The predicted octanol–water partition coefficient (Wildman–Crippen LogP) is 3.69. The third-order valence-corrected chi connectivity index (χ3v) is 5.09. The van der Waals surface area contributed by atoms with Gasteiger partial charge < -0.3 is 0 Å². The molecule has 3 heteroatoms. The summed E-state index contributed by atoms with van der Waals surface area (Å²) in [6, 6.07) is 22.3. The van der Waals surface area contributed by atoms with Crippen molar-refractivity contribution in [3.63, 3.8) is 0 Å². The van der Waals surface area contributed by atoms with Crippen LogP contribution in [0.25, 0.3) is 27.3 Å². The smallest absolute Gasteiger partial charge is 0.256 e. The van der Waals surface area contributed by atoms with Crippen LogP contribution < -0.4 is 10.1 Å². The number of aromatic nitrogens is 2. The molecule has 3 aromatic heterocycles. The zero-order chi connectivity index (χ0) is 17.0. The Bertz CT molecular complexity index is 1300. The molecule has 120 valence electrons. The SMILES string of the molecule is Cc1ccccc1C[n+]1ccc2c3ccccc3n3c(=O)ccc1c23. The number of benzene rings is 2. The first kappa shape index (κ1) is 14.2. The van der Waals surface area contributed by atoms with E-state index < -0.39 is 0 Å². The molecule has 5 aromatic rings. The summed E-state index contributed by atoms with van der Waals surface area (Å²) in [6.07, 6.45) is 2.13. The maximum atomic E-state index is 12.5. The summed E-state index contributed by atoms with van der Waals surface area (Å²) >= 11 is 0. The Morgan fingerprint density at radius 1 is 0.880 bits per heavy atom. The second kappa shape index (κ2) is 5.15. The van der Waals surface area contributed by atoms with Crippen molar-refractivity contribution in [1.82, 2.24) is 4.40 Å². The molecule has 0 aliphatic carbocycles. The lowest BCUT2D eigenvalue weighted by Gasteiger charge is -2.05. The fourth-order valence-electron chi connectivity index (χ4n) is 3.80. The Labute approximate surface area is 144 Å². The minimum Gasteiger partial charge on any atom is -0.270 e. The molecule has 0 fully saturated rings. The van der Waals surface area contributed by atoms with Crippen molar-refractivity contribution in [2.24, 2.45) is 0 Å². The van der Waals surface area contributed by atoms with Gasteiger partial charge in [-0.15, -0.1) is 0 Å². The van der Waals surface area contributed by atoms with Gasteiger partial charge in [-0.05, 0) is 18.6 Å². The molecule has 0 saturated carbocycles. The van der Waals surface area contributed by atoms with Crippen molar-refractivity contribution in [3.8, 4) is 0 Å². The van der Waals surface area contributed by atoms with Crippen LogP contribution in [0.4, 0.5) is 0 Å². The van der Waals surface area contributed by atoms with Gasteiger partial charge in [-0.2, -0.15) is 4.57 Å². The van der Waals surface area contributed by atoms with Crippen molar-refractivity contribution in [2.75, 3.05) is 0 Å². The standard InChI is InChI=1S/C22H17N2O/c1-15-6-2-3-7-16(15)14-23-13-12-18-17-8-4-5-9-19(17)24-21(25)11-10-20(23)22(18)24/h2-13H,14H2,1H3/q+1. The summed E-state index contributed by atoms with van der Waals surface area (Å²) in [5.41, 5.74) is 5.64. The number of nitrogens with zero attached hydrogens (tertiary/aromatic N) is 2. The van der Waals surface area contributed by atoms with Crippen LogP contribution in [0.5, 0.6) is 0 Å². The average molecular weight is 325 g/mol. The van der Waals surface area contributed by atoms with Crippen LogP contribution in [0, 0.1) is 6.92 Å². The van der Waals surface area contributed by atoms with E-state index in [0.717, 1.165) is 33.9 Å². The van der Waals surface area contributed by atoms with E-state index in [1.807, 2.05) is 28.7 Å². The van der Waals surface area contributed by atoms with Gasteiger partial charge in [0.25, 0.3) is 5.56 Å². The molecule has 0 spiro atoms. The molecule has 0 saturated heterocycles. The summed E-state index contributed by atoms with van der Waals surface area (Å²) < 4.78 is 4.07. The van der Waals surface area contributed by atoms with E-state index in [-0.39, 0.29) is 5.56 Å². The Kier molecular flexibility index (Phi) is 2.92. The van der Waals surface area contributed by atoms with Crippen LogP contribution in [0.2, 0.25) is 0 Å². The van der Waals surface area contributed by atoms with Gasteiger partial charge in [0.2, 0.25) is 5.52 Å². The number of rotatable bonds is 2. The molecule has 0 unspecified atom stereocenters. The molecule has 0 atom stereocenters. The summed E-state index contributed by atoms with van der Waals surface area (Å²) in [4.78, 5) is 12.5. The highest BCUT2D eigenvalue weighted by Gasteiger charge is 2.19. The minimum atomic E-state index is 0.0207. The lowest BCUT2D eigenvalue weighted by atomic mass is 10.1. The Balaban J connectivity index is 1.86. The predicted molar refractivity (Wildman–Crippen MR) is 100 cm³/mol. The number of hydrogen-bond acceptors (Lipinski definition) is 1. The van der Waals surface area contributed by atoms with Crippen molar-refractivity contribution >= 4 is 27.3 Å². The van der Waals surface area contributed by atoms with Crippen molar-refractivity contribution in [1.29, 1.82) is 0 Å². The van der Waals surface area contributed by atoms with Gasteiger partial charge in [-0.25, -0.2) is 0 Å². The number of para-hydroxylation sites is 1. The largest absolute Gasteiger partial charge is 0.270 e. The number of aryl methyl sites for hydroxylation is 1. The average Bonchev–Trinajstić information content (AvgIpc) is 2.97. The maximum absolute atomic E-state index is 12.5. The Morgan fingerprint density at radius 2 is 1.68 bits per heavy atom. The van der Waals surface area contributed by atoms with E-state index in [1.165, 1.54) is 11.1 Å². The molecule has 5 rings (SSSR count). The molecule has 25 heavy (non-hydrogen) atoms. The van der Waals surface area contributed by atoms with Crippen molar-refractivity contribution < 1.29 is 4.57 Å². The fraction of sp³-hybridized carbons (Fsp3) is 0.0909. The monoisotopic (exact) mass is 325 g/mol. The summed E-state index contributed by atoms with van der Waals surface area (Å²) in [5.74, 6) is 0. The van der Waals surface area contributed by atoms with Crippen LogP contribution >= 0.6 is 0 Å². The highest BCUT2D eigenvalue weighted by molar-refractivity contribution is 6.11. The van der Waals surface area contributed by atoms with Gasteiger partial charge in [0.15, 0.2) is 12.7 Å². The normalized spacial score (nSPS) is 11.7. The Morgan fingerprint density at radius 3 is 2.56 bits per heavy atom. The second-order valence-electron chi connectivity index (χ2n) is 6.54. The molecule has 0 bridgehead atoms. The third-order valence-electron chi connectivity index (χ3n) is 5.09. The van der Waals surface area contributed by atoms with Gasteiger partial charge in [-0.3, -0.25) is 9.20 Å². The third kappa shape index (κ3) is 1.99. The summed E-state index contributed by atoms with van der Waals surface area (Å²) in [6.45, 7) is 2.92. The van der Waals surface area contributed by atoms with Gasteiger partial charge in [0.05, 0.1) is 5.52 Å². The van der Waals surface area contributed by atoms with Crippen LogP contribution in [0.1, 0.15) is 11.1 Å². The number of fused-ring (bicyclic) bond motifs is 3. The number of hydrogen-bond donors (Lipinski definition) is 0. The molecular formula is C22H17N2O+. The lowest BCUT2D eigenvalue weighted by Crippen LogP contribution is -2.35. The first-order chi connectivity index (χ1) is 12.2. The number of pyridine rings is 2. The minimum absolute atomic E-state index is 0.0207. The molecule has 0 aliphatic rings. The van der Waals surface area contributed by atoms with Crippen LogP contribution in [0.3, 0.4) is 0 Å². The van der Waals surface area contributed by atoms with Gasteiger partial charge in [0, 0.05) is 34.5 Å². The van der Waals surface area contributed by atoms with Gasteiger partial charge in [-0.1, -0.05) is 42.5 Å². The van der Waals surface area contributed by atoms with Crippen LogP contribution in [0.15, 0.2) is 77.7 Å². The lowest BCUT2D eigenvalue weighted by molar-refractivity contribution is -0.662. The van der Waals surface area contributed by atoms with Crippen LogP contribution in [-0.4, -0.2) is 4.40 Å². The van der Waals surface area contributed by atoms with E-state index in [4.69, 9.17) is 0 Å². The summed E-state index contributed by atoms with van der Waals surface area (Å²) in [7, 11) is 0.